The van der Waals surface area contributed by atoms with Crippen molar-refractivity contribution >= 4 is 21.6 Å². The van der Waals surface area contributed by atoms with Gasteiger partial charge in [-0.15, -0.1) is 11.3 Å². The van der Waals surface area contributed by atoms with Gasteiger partial charge in [0.25, 0.3) is 0 Å². The lowest BCUT2D eigenvalue weighted by Gasteiger charge is -2.32. The zero-order chi connectivity index (χ0) is 19.7. The van der Waals surface area contributed by atoms with Crippen LogP contribution in [0.25, 0.3) is 10.2 Å². The normalized spacial score (nSPS) is 26.0. The van der Waals surface area contributed by atoms with Gasteiger partial charge in [-0.05, 0) is 70.5 Å². The van der Waals surface area contributed by atoms with Crippen LogP contribution in [0.5, 0.6) is 5.88 Å². The number of rotatable bonds is 7. The molecule has 2 N–H and O–H groups in total. The van der Waals surface area contributed by atoms with Crippen molar-refractivity contribution < 1.29 is 9.47 Å². The molecule has 2 atom stereocenters. The third-order valence-corrected chi connectivity index (χ3v) is 7.66. The molecule has 154 valence electrons. The van der Waals surface area contributed by atoms with Crippen LogP contribution in [-0.4, -0.2) is 60.9 Å². The van der Waals surface area contributed by atoms with E-state index >= 15 is 0 Å². The second-order valence-corrected chi connectivity index (χ2v) is 9.46. The van der Waals surface area contributed by atoms with Gasteiger partial charge in [-0.25, -0.2) is 9.97 Å². The van der Waals surface area contributed by atoms with Crippen LogP contribution in [0.4, 0.5) is 0 Å². The number of thiophene rings is 1. The highest BCUT2D eigenvalue weighted by Crippen LogP contribution is 2.47. The number of aromatic nitrogens is 2. The van der Waals surface area contributed by atoms with E-state index in [0.29, 0.717) is 18.5 Å². The fraction of sp³-hybridized carbons (Fsp3) is 0.714. The summed E-state index contributed by atoms with van der Waals surface area (Å²) in [5, 5.41) is 1.15. The highest BCUT2D eigenvalue weighted by molar-refractivity contribution is 7.19. The summed E-state index contributed by atoms with van der Waals surface area (Å²) in [5.41, 5.74) is 7.28. The van der Waals surface area contributed by atoms with E-state index in [4.69, 9.17) is 15.2 Å². The molecule has 0 amide bonds. The molecule has 2 heterocycles. The van der Waals surface area contributed by atoms with E-state index < -0.39 is 0 Å². The van der Waals surface area contributed by atoms with E-state index in [1.54, 1.807) is 24.8 Å². The van der Waals surface area contributed by atoms with E-state index in [9.17, 15) is 0 Å². The van der Waals surface area contributed by atoms with Gasteiger partial charge in [0.1, 0.15) is 17.3 Å². The monoisotopic (exact) mass is 404 g/mol. The first-order valence-electron chi connectivity index (χ1n) is 10.4. The van der Waals surface area contributed by atoms with Gasteiger partial charge in [0.2, 0.25) is 5.88 Å². The molecule has 0 bridgehead atoms. The Balaban J connectivity index is 1.57. The molecule has 2 aliphatic carbocycles. The number of hydrogen-bond donors (Lipinski definition) is 1. The van der Waals surface area contributed by atoms with Crippen LogP contribution in [-0.2, 0) is 11.2 Å². The van der Waals surface area contributed by atoms with Crippen molar-refractivity contribution in [3.63, 3.8) is 0 Å². The van der Waals surface area contributed by atoms with Crippen molar-refractivity contribution in [2.75, 3.05) is 27.7 Å². The number of ether oxygens (including phenoxy) is 2. The van der Waals surface area contributed by atoms with Crippen LogP contribution in [0.3, 0.4) is 0 Å². The first-order valence-corrected chi connectivity index (χ1v) is 11.2. The van der Waals surface area contributed by atoms with Gasteiger partial charge in [-0.1, -0.05) is 0 Å². The highest BCUT2D eigenvalue weighted by atomic mass is 32.1. The third kappa shape index (κ3) is 3.90. The van der Waals surface area contributed by atoms with Crippen molar-refractivity contribution in [1.82, 2.24) is 14.9 Å². The number of hydrogen-bond acceptors (Lipinski definition) is 7. The van der Waals surface area contributed by atoms with Gasteiger partial charge in [0.15, 0.2) is 0 Å². The summed E-state index contributed by atoms with van der Waals surface area (Å²) in [7, 11) is 6.09. The molecule has 1 fully saturated rings. The molecule has 2 aliphatic rings. The van der Waals surface area contributed by atoms with E-state index in [1.165, 1.54) is 23.3 Å². The Morgan fingerprint density at radius 3 is 2.68 bits per heavy atom. The van der Waals surface area contributed by atoms with Crippen LogP contribution in [0.15, 0.2) is 6.33 Å². The summed E-state index contributed by atoms with van der Waals surface area (Å²) < 4.78 is 12.0. The van der Waals surface area contributed by atoms with Gasteiger partial charge < -0.3 is 20.1 Å². The number of aryl methyl sites for hydroxylation is 1. The van der Waals surface area contributed by atoms with Gasteiger partial charge >= 0.3 is 0 Å². The standard InChI is InChI=1S/C21H32N4O2S/c1-25(2)14-5-7-15(8-6-14)27-20-19-18-13(10-16(11-22)26-3)4-9-17(18)28-21(19)24-12-23-20/h12-16H,4-11,22H2,1-3H3/t13-,14?,15?,16-/m1/s1. The minimum Gasteiger partial charge on any atom is -0.474 e. The first kappa shape index (κ1) is 20.0. The molecule has 28 heavy (non-hydrogen) atoms. The molecule has 7 heteroatoms. The van der Waals surface area contributed by atoms with Gasteiger partial charge in [-0.2, -0.15) is 0 Å². The van der Waals surface area contributed by atoms with E-state index in [2.05, 4.69) is 29.0 Å². The molecule has 0 aromatic carbocycles. The SMILES string of the molecule is CO[C@@H](CN)C[C@H]1CCc2sc3ncnc(OC4CCC(N(C)C)CC4)c3c21. The largest absolute Gasteiger partial charge is 0.474 e. The maximum Gasteiger partial charge on any atom is 0.225 e. The van der Waals surface area contributed by atoms with Gasteiger partial charge in [0.05, 0.1) is 11.5 Å². The molecule has 1 saturated carbocycles. The molecule has 4 rings (SSSR count). The molecular formula is C21H32N4O2S. The van der Waals surface area contributed by atoms with Gasteiger partial charge in [0, 0.05) is 24.6 Å². The molecule has 2 aromatic rings. The molecular weight excluding hydrogens is 372 g/mol. The Hall–Kier alpha value is -1.28. The molecule has 0 saturated heterocycles. The molecule has 0 aliphatic heterocycles. The van der Waals surface area contributed by atoms with Crippen molar-refractivity contribution in [2.24, 2.45) is 5.73 Å². The Kier molecular flexibility index (Phi) is 6.16. The minimum atomic E-state index is 0.0983. The van der Waals surface area contributed by atoms with Crippen LogP contribution >= 0.6 is 11.3 Å². The molecule has 0 radical (unpaired) electrons. The molecule has 0 unspecified atom stereocenters. The average Bonchev–Trinajstić information content (AvgIpc) is 3.26. The second kappa shape index (κ2) is 8.61. The van der Waals surface area contributed by atoms with Crippen molar-refractivity contribution in [3.05, 3.63) is 16.8 Å². The van der Waals surface area contributed by atoms with E-state index in [0.717, 1.165) is 48.2 Å². The minimum absolute atomic E-state index is 0.0983. The third-order valence-electron chi connectivity index (χ3n) is 6.49. The predicted molar refractivity (Wildman–Crippen MR) is 113 cm³/mol. The first-order chi connectivity index (χ1) is 13.6. The zero-order valence-electron chi connectivity index (χ0n) is 17.2. The lowest BCUT2D eigenvalue weighted by molar-refractivity contribution is 0.0955. The number of fused-ring (bicyclic) bond motifs is 3. The fourth-order valence-electron chi connectivity index (χ4n) is 4.81. The summed E-state index contributed by atoms with van der Waals surface area (Å²) in [4.78, 5) is 13.9. The topological polar surface area (TPSA) is 73.5 Å². The summed E-state index contributed by atoms with van der Waals surface area (Å²) >= 11 is 1.80. The summed E-state index contributed by atoms with van der Waals surface area (Å²) in [5.74, 6) is 1.24. The molecule has 0 spiro atoms. The average molecular weight is 405 g/mol. The summed E-state index contributed by atoms with van der Waals surface area (Å²) in [6.07, 6.45) is 9.75. The fourth-order valence-corrected chi connectivity index (χ4v) is 6.04. The lowest BCUT2D eigenvalue weighted by Crippen LogP contribution is -2.35. The number of nitrogens with zero attached hydrogens (tertiary/aromatic N) is 3. The molecule has 6 nitrogen and oxygen atoms in total. The number of methoxy groups -OCH3 is 1. The van der Waals surface area contributed by atoms with Gasteiger partial charge in [-0.3, -0.25) is 0 Å². The predicted octanol–water partition coefficient (Wildman–Crippen LogP) is 3.34. The van der Waals surface area contributed by atoms with E-state index in [1.807, 2.05) is 0 Å². The Morgan fingerprint density at radius 2 is 2.00 bits per heavy atom. The maximum atomic E-state index is 6.47. The maximum absolute atomic E-state index is 6.47. The van der Waals surface area contributed by atoms with Crippen molar-refractivity contribution in [3.8, 4) is 5.88 Å². The molecule has 2 aromatic heterocycles. The zero-order valence-corrected chi connectivity index (χ0v) is 18.0. The van der Waals surface area contributed by atoms with Crippen LogP contribution in [0.1, 0.15) is 54.9 Å². The summed E-state index contributed by atoms with van der Waals surface area (Å²) in [6, 6.07) is 0.669. The second-order valence-electron chi connectivity index (χ2n) is 8.37. The van der Waals surface area contributed by atoms with E-state index in [-0.39, 0.29) is 12.2 Å². The van der Waals surface area contributed by atoms with Crippen molar-refractivity contribution in [2.45, 2.75) is 69.1 Å². The Labute approximate surface area is 171 Å². The lowest BCUT2D eigenvalue weighted by atomic mass is 9.92. The quantitative estimate of drug-likeness (QED) is 0.763. The summed E-state index contributed by atoms with van der Waals surface area (Å²) in [6.45, 7) is 0.555. The van der Waals surface area contributed by atoms with Crippen LogP contribution in [0, 0.1) is 0 Å². The van der Waals surface area contributed by atoms with Crippen LogP contribution < -0.4 is 10.5 Å². The Bertz CT molecular complexity index is 797. The van der Waals surface area contributed by atoms with Crippen molar-refractivity contribution in [1.29, 1.82) is 0 Å². The number of nitrogens with two attached hydrogens (primary N) is 1. The Morgan fingerprint density at radius 1 is 1.21 bits per heavy atom. The smallest absolute Gasteiger partial charge is 0.225 e. The van der Waals surface area contributed by atoms with Crippen LogP contribution in [0.2, 0.25) is 0 Å². The highest BCUT2D eigenvalue weighted by Gasteiger charge is 2.32.